The van der Waals surface area contributed by atoms with Crippen LogP contribution in [0.15, 0.2) is 47.6 Å². The third-order valence-electron chi connectivity index (χ3n) is 4.35. The molecule has 0 fully saturated rings. The van der Waals surface area contributed by atoms with Crippen LogP contribution in [0, 0.1) is 0 Å². The van der Waals surface area contributed by atoms with Crippen LogP contribution >= 0.6 is 23.8 Å². The number of hydrazone groups is 1. The number of rotatable bonds is 10. The predicted octanol–water partition coefficient (Wildman–Crippen LogP) is 5.13. The zero-order chi connectivity index (χ0) is 21.1. The number of nitrogens with one attached hydrogen (secondary N) is 2. The molecule has 0 saturated heterocycles. The molecule has 0 aromatic heterocycles. The Morgan fingerprint density at radius 3 is 2.55 bits per heavy atom. The van der Waals surface area contributed by atoms with Crippen LogP contribution < -0.4 is 20.2 Å². The standard InChI is InChI=1S/C22H28ClN3O2S/c1-4-16(3)17-6-9-20(10-7-17)27-12-13-28-21-11-8-19(23)14-18(21)15-25-26-22(29)24-5-2/h6-11,14-16H,4-5,12-13H2,1-3H3,(H2,24,26,29)/b25-15-/t16-/m0/s1. The second-order valence-corrected chi connectivity index (χ2v) is 7.33. The number of benzene rings is 2. The number of ether oxygens (including phenoxy) is 2. The van der Waals surface area contributed by atoms with Gasteiger partial charge >= 0.3 is 0 Å². The van der Waals surface area contributed by atoms with E-state index in [1.54, 1.807) is 18.3 Å². The summed E-state index contributed by atoms with van der Waals surface area (Å²) in [5.41, 5.74) is 4.83. The van der Waals surface area contributed by atoms with Gasteiger partial charge in [-0.15, -0.1) is 0 Å². The van der Waals surface area contributed by atoms with Crippen LogP contribution in [0.5, 0.6) is 11.5 Å². The fourth-order valence-electron chi connectivity index (χ4n) is 2.55. The third-order valence-corrected chi connectivity index (χ3v) is 4.82. The maximum Gasteiger partial charge on any atom is 0.186 e. The SMILES string of the molecule is CCNC(=S)N/N=C\c1cc(Cl)ccc1OCCOc1ccc([C@@H](C)CC)cc1. The molecular formula is C22H28ClN3O2S. The fraction of sp³-hybridized carbons (Fsp3) is 0.364. The van der Waals surface area contributed by atoms with Crippen LogP contribution in [0.2, 0.25) is 5.02 Å². The normalized spacial score (nSPS) is 11.9. The minimum atomic E-state index is 0.402. The van der Waals surface area contributed by atoms with Crippen molar-refractivity contribution in [2.24, 2.45) is 5.10 Å². The first-order valence-electron chi connectivity index (χ1n) is 9.75. The van der Waals surface area contributed by atoms with E-state index in [9.17, 15) is 0 Å². The molecule has 0 aliphatic heterocycles. The van der Waals surface area contributed by atoms with Crippen LogP contribution in [0.4, 0.5) is 0 Å². The Bertz CT molecular complexity index is 812. The molecule has 156 valence electrons. The van der Waals surface area contributed by atoms with Crippen molar-refractivity contribution in [3.8, 4) is 11.5 Å². The number of hydrogen-bond acceptors (Lipinski definition) is 4. The molecule has 2 rings (SSSR count). The van der Waals surface area contributed by atoms with Crippen molar-refractivity contribution < 1.29 is 9.47 Å². The van der Waals surface area contributed by atoms with Crippen molar-refractivity contribution in [2.45, 2.75) is 33.1 Å². The van der Waals surface area contributed by atoms with E-state index in [0.29, 0.717) is 35.0 Å². The monoisotopic (exact) mass is 433 g/mol. The lowest BCUT2D eigenvalue weighted by Gasteiger charge is -2.12. The molecule has 2 aromatic carbocycles. The van der Waals surface area contributed by atoms with Gasteiger partial charge in [-0.05, 0) is 67.4 Å². The Morgan fingerprint density at radius 2 is 1.86 bits per heavy atom. The Balaban J connectivity index is 1.87. The van der Waals surface area contributed by atoms with Crippen molar-refractivity contribution >= 4 is 35.1 Å². The molecule has 0 unspecified atom stereocenters. The zero-order valence-electron chi connectivity index (χ0n) is 17.1. The molecule has 0 saturated carbocycles. The van der Waals surface area contributed by atoms with E-state index in [-0.39, 0.29) is 0 Å². The summed E-state index contributed by atoms with van der Waals surface area (Å²) in [5, 5.41) is 8.14. The van der Waals surface area contributed by atoms with Gasteiger partial charge < -0.3 is 14.8 Å². The van der Waals surface area contributed by atoms with E-state index in [2.05, 4.69) is 41.8 Å². The van der Waals surface area contributed by atoms with Gasteiger partial charge in [-0.2, -0.15) is 5.10 Å². The highest BCUT2D eigenvalue weighted by Gasteiger charge is 2.05. The van der Waals surface area contributed by atoms with E-state index < -0.39 is 0 Å². The lowest BCUT2D eigenvalue weighted by Crippen LogP contribution is -2.31. The summed E-state index contributed by atoms with van der Waals surface area (Å²) in [6.07, 6.45) is 2.75. The molecule has 0 aliphatic rings. The number of hydrogen-bond donors (Lipinski definition) is 2. The summed E-state index contributed by atoms with van der Waals surface area (Å²) < 4.78 is 11.6. The average molecular weight is 434 g/mol. The largest absolute Gasteiger partial charge is 0.490 e. The Labute approximate surface area is 183 Å². The Morgan fingerprint density at radius 1 is 1.14 bits per heavy atom. The van der Waals surface area contributed by atoms with E-state index in [0.717, 1.165) is 24.3 Å². The minimum Gasteiger partial charge on any atom is -0.490 e. The first-order chi connectivity index (χ1) is 14.0. The summed E-state index contributed by atoms with van der Waals surface area (Å²) in [6.45, 7) is 7.94. The Kier molecular flexibility index (Phi) is 9.74. The topological polar surface area (TPSA) is 54.9 Å². The van der Waals surface area contributed by atoms with Gasteiger partial charge in [-0.1, -0.05) is 37.6 Å². The van der Waals surface area contributed by atoms with E-state index in [1.807, 2.05) is 25.1 Å². The van der Waals surface area contributed by atoms with Crippen LogP contribution in [-0.4, -0.2) is 31.1 Å². The summed E-state index contributed by atoms with van der Waals surface area (Å²) in [7, 11) is 0. The highest BCUT2D eigenvalue weighted by atomic mass is 35.5. The molecule has 29 heavy (non-hydrogen) atoms. The molecule has 7 heteroatoms. The van der Waals surface area contributed by atoms with Gasteiger partial charge in [0, 0.05) is 17.1 Å². The van der Waals surface area contributed by atoms with Crippen LogP contribution in [0.1, 0.15) is 44.2 Å². The second kappa shape index (κ2) is 12.3. The maximum atomic E-state index is 6.09. The summed E-state index contributed by atoms with van der Waals surface area (Å²) in [4.78, 5) is 0. The van der Waals surface area contributed by atoms with Gasteiger partial charge in [0.25, 0.3) is 0 Å². The van der Waals surface area contributed by atoms with Crippen molar-refractivity contribution in [1.29, 1.82) is 0 Å². The van der Waals surface area contributed by atoms with Crippen molar-refractivity contribution in [1.82, 2.24) is 10.7 Å². The predicted molar refractivity (Wildman–Crippen MR) is 125 cm³/mol. The smallest absolute Gasteiger partial charge is 0.186 e. The number of thiocarbonyl (C=S) groups is 1. The molecule has 2 aromatic rings. The van der Waals surface area contributed by atoms with Crippen LogP contribution in [0.25, 0.3) is 0 Å². The summed E-state index contributed by atoms with van der Waals surface area (Å²) in [6, 6.07) is 13.6. The Hall–Kier alpha value is -2.31. The van der Waals surface area contributed by atoms with Gasteiger partial charge in [0.1, 0.15) is 24.7 Å². The molecule has 1 atom stereocenters. The molecule has 0 aliphatic carbocycles. The molecule has 0 amide bonds. The maximum absolute atomic E-state index is 6.09. The average Bonchev–Trinajstić information content (AvgIpc) is 2.72. The fourth-order valence-corrected chi connectivity index (χ4v) is 2.93. The summed E-state index contributed by atoms with van der Waals surface area (Å²) >= 11 is 11.2. The van der Waals surface area contributed by atoms with E-state index >= 15 is 0 Å². The molecule has 5 nitrogen and oxygen atoms in total. The molecule has 0 spiro atoms. The van der Waals surface area contributed by atoms with Crippen molar-refractivity contribution in [2.75, 3.05) is 19.8 Å². The first-order valence-corrected chi connectivity index (χ1v) is 10.5. The lowest BCUT2D eigenvalue weighted by molar-refractivity contribution is 0.217. The minimum absolute atomic E-state index is 0.402. The summed E-state index contributed by atoms with van der Waals surface area (Å²) in [5.74, 6) is 2.06. The van der Waals surface area contributed by atoms with Crippen LogP contribution in [0.3, 0.4) is 0 Å². The molecular weight excluding hydrogens is 406 g/mol. The van der Waals surface area contributed by atoms with Gasteiger partial charge in [-0.25, -0.2) is 0 Å². The van der Waals surface area contributed by atoms with Gasteiger partial charge in [0.15, 0.2) is 5.11 Å². The van der Waals surface area contributed by atoms with Crippen molar-refractivity contribution in [3.63, 3.8) is 0 Å². The van der Waals surface area contributed by atoms with Gasteiger partial charge in [0.05, 0.1) is 6.21 Å². The highest BCUT2D eigenvalue weighted by molar-refractivity contribution is 7.80. The quantitative estimate of drug-likeness (QED) is 0.235. The van der Waals surface area contributed by atoms with E-state index in [1.165, 1.54) is 5.56 Å². The van der Waals surface area contributed by atoms with Gasteiger partial charge in [0.2, 0.25) is 0 Å². The molecule has 0 heterocycles. The molecule has 0 bridgehead atoms. The molecule has 0 radical (unpaired) electrons. The second-order valence-electron chi connectivity index (χ2n) is 6.49. The molecule has 2 N–H and O–H groups in total. The highest BCUT2D eigenvalue weighted by Crippen LogP contribution is 2.23. The van der Waals surface area contributed by atoms with Crippen molar-refractivity contribution in [3.05, 3.63) is 58.6 Å². The first kappa shape index (κ1) is 23.0. The lowest BCUT2D eigenvalue weighted by atomic mass is 9.99. The number of nitrogens with zero attached hydrogens (tertiary/aromatic N) is 1. The number of halogens is 1. The van der Waals surface area contributed by atoms with Gasteiger partial charge in [-0.3, -0.25) is 5.43 Å². The van der Waals surface area contributed by atoms with Crippen LogP contribution in [-0.2, 0) is 0 Å². The third kappa shape index (κ3) is 7.91. The van der Waals surface area contributed by atoms with E-state index in [4.69, 9.17) is 33.3 Å². The zero-order valence-corrected chi connectivity index (χ0v) is 18.6.